The van der Waals surface area contributed by atoms with Gasteiger partial charge in [-0.15, -0.1) is 11.6 Å². The Morgan fingerprint density at radius 2 is 1.07 bits per heavy atom. The molecule has 6 aromatic carbocycles. The summed E-state index contributed by atoms with van der Waals surface area (Å²) >= 11 is 5.53. The summed E-state index contributed by atoms with van der Waals surface area (Å²) in [4.78, 5) is 23.2. The van der Waals surface area contributed by atoms with Crippen LogP contribution in [0.25, 0.3) is 66.5 Å². The zero-order valence-electron chi connectivity index (χ0n) is 41.2. The van der Waals surface area contributed by atoms with Gasteiger partial charge in [0.15, 0.2) is 6.61 Å². The van der Waals surface area contributed by atoms with E-state index in [9.17, 15) is 35.6 Å². The lowest BCUT2D eigenvalue weighted by atomic mass is 10.0. The number of halogens is 1. The highest BCUT2D eigenvalue weighted by molar-refractivity contribution is 6.29. The summed E-state index contributed by atoms with van der Waals surface area (Å²) in [7, 11) is 0. The van der Waals surface area contributed by atoms with Crippen LogP contribution in [0.4, 0.5) is 17.1 Å². The number of alkyl halides is 1. The second-order valence-electron chi connectivity index (χ2n) is 17.5. The number of hydrogen-bond donors (Lipinski definition) is 5. The largest absolute Gasteiger partial charge is 0.506 e. The van der Waals surface area contributed by atoms with Crippen LogP contribution in [-0.2, 0) is 29.2 Å². The first kappa shape index (κ1) is 50.2. The van der Waals surface area contributed by atoms with Crippen molar-refractivity contribution in [2.75, 3.05) is 28.9 Å². The molecule has 0 radical (unpaired) electrons. The van der Waals surface area contributed by atoms with Crippen LogP contribution < -0.4 is 21.1 Å². The molecular formula is C58H52ClN9O5. The number of nitrogens with zero attached hydrogens (tertiary/aromatic N) is 6. The molecule has 14 nitrogen and oxygen atoms in total. The molecule has 1 aliphatic rings. The molecular weight excluding hydrogens is 938 g/mol. The van der Waals surface area contributed by atoms with Crippen LogP contribution in [0.15, 0.2) is 109 Å². The van der Waals surface area contributed by atoms with Crippen LogP contribution in [0, 0.1) is 54.8 Å². The summed E-state index contributed by atoms with van der Waals surface area (Å²) in [6, 6.07) is 40.8. The van der Waals surface area contributed by atoms with Gasteiger partial charge < -0.3 is 45.0 Å². The van der Waals surface area contributed by atoms with E-state index in [-0.39, 0.29) is 35.6 Å². The minimum absolute atomic E-state index is 0.0320. The zero-order chi connectivity index (χ0) is 52.2. The van der Waals surface area contributed by atoms with E-state index < -0.39 is 5.91 Å². The molecule has 4 heterocycles. The van der Waals surface area contributed by atoms with Crippen molar-refractivity contribution in [2.45, 2.75) is 61.2 Å². The number of aromatic nitrogens is 3. The standard InChI is InChI=1S/C20H18ClN3O2.C20H17N3O2.C18H17N3O/c1-3-24-17-8-12(2)4-6-14(17)15(11-22)20(24)13-5-7-18(25)16(9-13)23-19(26)10-21;1-3-23-17-8-12(2)4-6-14(17)15(10-21)20(23)13-5-7-18-16(9-13)22-19(24)11-25-18;1-3-21-16-8-11(2)4-6-13(16)14(10-19)18(21)12-5-7-17(22)15(20)9-12/h4-9,25H,3,10H2,1-2H3,(H,23,26);4-9H,3,11H2,1-2H3,(H,22,24);4-9,22H,3,20H2,1-2H3. The van der Waals surface area contributed by atoms with Crippen molar-refractivity contribution in [3.8, 4) is 69.2 Å². The Balaban J connectivity index is 0.000000147. The molecule has 0 saturated heterocycles. The van der Waals surface area contributed by atoms with E-state index in [2.05, 4.69) is 74.6 Å². The van der Waals surface area contributed by atoms with Crippen molar-refractivity contribution in [3.63, 3.8) is 0 Å². The van der Waals surface area contributed by atoms with E-state index in [1.807, 2.05) is 82.3 Å². The number of nitrogen functional groups attached to an aromatic ring is 1. The minimum atomic E-state index is -0.411. The molecule has 0 saturated carbocycles. The summed E-state index contributed by atoms with van der Waals surface area (Å²) in [6.07, 6.45) is 0. The number of carbonyl (C=O) groups excluding carboxylic acids is 2. The van der Waals surface area contributed by atoms with Crippen molar-refractivity contribution in [1.29, 1.82) is 15.8 Å². The maximum atomic E-state index is 11.6. The number of hydrogen-bond acceptors (Lipinski definition) is 9. The van der Waals surface area contributed by atoms with Gasteiger partial charge in [-0.3, -0.25) is 9.59 Å². The van der Waals surface area contributed by atoms with Gasteiger partial charge in [0, 0.05) is 52.5 Å². The van der Waals surface area contributed by atoms with Crippen molar-refractivity contribution < 1.29 is 24.5 Å². The van der Waals surface area contributed by atoms with Gasteiger partial charge in [-0.25, -0.2) is 0 Å². The van der Waals surface area contributed by atoms with Gasteiger partial charge >= 0.3 is 0 Å². The summed E-state index contributed by atoms with van der Waals surface area (Å²) < 4.78 is 11.8. The fourth-order valence-corrected chi connectivity index (χ4v) is 9.57. The highest BCUT2D eigenvalue weighted by Gasteiger charge is 2.23. The predicted octanol–water partition coefficient (Wildman–Crippen LogP) is 12.0. The zero-order valence-corrected chi connectivity index (χ0v) is 41.9. The third kappa shape index (κ3) is 9.58. The lowest BCUT2D eigenvalue weighted by Gasteiger charge is -2.19. The number of nitrogens with one attached hydrogen (secondary N) is 2. The Kier molecular flexibility index (Phi) is 14.5. The van der Waals surface area contributed by atoms with Gasteiger partial charge in [0.25, 0.3) is 5.91 Å². The number of aryl methyl sites for hydroxylation is 6. The molecule has 73 heavy (non-hydrogen) atoms. The van der Waals surface area contributed by atoms with Gasteiger partial charge in [0.2, 0.25) is 5.91 Å². The van der Waals surface area contributed by atoms with Crippen LogP contribution in [0.1, 0.15) is 54.2 Å². The molecule has 0 bridgehead atoms. The van der Waals surface area contributed by atoms with Crippen molar-refractivity contribution >= 4 is 73.2 Å². The molecule has 0 spiro atoms. The number of nitrogens with two attached hydrogens (primary N) is 1. The Hall–Kier alpha value is -9.16. The number of nitriles is 3. The summed E-state index contributed by atoms with van der Waals surface area (Å²) in [5.74, 6) is -0.139. The average molecular weight is 991 g/mol. The van der Waals surface area contributed by atoms with Gasteiger partial charge in [-0.1, -0.05) is 36.4 Å². The maximum absolute atomic E-state index is 11.6. The molecule has 15 heteroatoms. The molecule has 10 rings (SSSR count). The number of benzene rings is 6. The van der Waals surface area contributed by atoms with E-state index in [4.69, 9.17) is 22.1 Å². The van der Waals surface area contributed by atoms with Gasteiger partial charge in [-0.05, 0) is 131 Å². The smallest absolute Gasteiger partial charge is 0.262 e. The van der Waals surface area contributed by atoms with Crippen LogP contribution in [0.5, 0.6) is 17.2 Å². The number of phenolic OH excluding ortho intramolecular Hbond substituents is 2. The molecule has 0 fully saturated rings. The summed E-state index contributed by atoms with van der Waals surface area (Å²) in [5, 5.41) is 57.0. The molecule has 0 aliphatic carbocycles. The first-order valence-corrected chi connectivity index (χ1v) is 24.2. The van der Waals surface area contributed by atoms with Gasteiger partial charge in [0.05, 0.1) is 67.4 Å². The second kappa shape index (κ2) is 21.1. The van der Waals surface area contributed by atoms with Crippen LogP contribution in [0.2, 0.25) is 0 Å². The molecule has 0 atom stereocenters. The summed E-state index contributed by atoms with van der Waals surface area (Å²) in [6.45, 7) is 14.4. The Bertz CT molecular complexity index is 3810. The fraction of sp³-hybridized carbons (Fsp3) is 0.190. The average Bonchev–Trinajstić information content (AvgIpc) is 4.01. The van der Waals surface area contributed by atoms with Crippen LogP contribution in [-0.4, -0.2) is 48.2 Å². The molecule has 9 aromatic rings. The predicted molar refractivity (Wildman–Crippen MR) is 289 cm³/mol. The van der Waals surface area contributed by atoms with Crippen molar-refractivity contribution in [2.24, 2.45) is 0 Å². The number of fused-ring (bicyclic) bond motifs is 4. The molecule has 6 N–H and O–H groups in total. The van der Waals surface area contributed by atoms with Crippen molar-refractivity contribution in [1.82, 2.24) is 13.7 Å². The van der Waals surface area contributed by atoms with Gasteiger partial charge in [0.1, 0.15) is 41.3 Å². The third-order valence-electron chi connectivity index (χ3n) is 12.8. The highest BCUT2D eigenvalue weighted by atomic mass is 35.5. The number of carbonyl (C=O) groups is 2. The third-order valence-corrected chi connectivity index (χ3v) is 13.0. The fourth-order valence-electron chi connectivity index (χ4n) is 9.50. The minimum Gasteiger partial charge on any atom is -0.506 e. The van der Waals surface area contributed by atoms with E-state index >= 15 is 0 Å². The van der Waals surface area contributed by atoms with E-state index in [0.29, 0.717) is 40.4 Å². The monoisotopic (exact) mass is 989 g/mol. The number of anilines is 3. The van der Waals surface area contributed by atoms with E-state index in [0.717, 1.165) is 96.3 Å². The topological polar surface area (TPSA) is 220 Å². The molecule has 2 amide bonds. The number of amides is 2. The summed E-state index contributed by atoms with van der Waals surface area (Å²) in [5.41, 5.74) is 20.3. The Labute approximate surface area is 427 Å². The Morgan fingerprint density at radius 3 is 1.49 bits per heavy atom. The van der Waals surface area contributed by atoms with Crippen molar-refractivity contribution in [3.05, 3.63) is 143 Å². The lowest BCUT2D eigenvalue weighted by molar-refractivity contribution is -0.118. The molecule has 3 aromatic heterocycles. The Morgan fingerprint density at radius 1 is 0.644 bits per heavy atom. The second-order valence-corrected chi connectivity index (χ2v) is 17.8. The molecule has 1 aliphatic heterocycles. The quantitative estimate of drug-likeness (QED) is 0.0554. The SMILES string of the molecule is CCn1c(-c2ccc(O)c(N)c2)c(C#N)c2ccc(C)cc21.CCn1c(-c2ccc(O)c(NC(=O)CCl)c2)c(C#N)c2ccc(C)cc21.CCn1c(-c2ccc3c(c2)NC(=O)CO3)c(C#N)c2ccc(C)cc21. The maximum Gasteiger partial charge on any atom is 0.262 e. The van der Waals surface area contributed by atoms with Gasteiger partial charge in [-0.2, -0.15) is 15.8 Å². The molecule has 366 valence electrons. The van der Waals surface area contributed by atoms with E-state index in [1.54, 1.807) is 30.3 Å². The highest BCUT2D eigenvalue weighted by Crippen LogP contribution is 2.40. The number of aromatic hydroxyl groups is 2. The number of rotatable bonds is 8. The number of phenols is 2. The number of ether oxygens (including phenoxy) is 1. The van der Waals surface area contributed by atoms with E-state index in [1.165, 1.54) is 6.07 Å². The van der Waals surface area contributed by atoms with Crippen LogP contribution >= 0.6 is 11.6 Å². The molecule has 0 unspecified atom stereocenters. The first-order valence-electron chi connectivity index (χ1n) is 23.6. The lowest BCUT2D eigenvalue weighted by Crippen LogP contribution is -2.25. The normalized spacial score (nSPS) is 11.5. The van der Waals surface area contributed by atoms with Crippen LogP contribution in [0.3, 0.4) is 0 Å². The first-order chi connectivity index (χ1) is 35.2.